The summed E-state index contributed by atoms with van der Waals surface area (Å²) in [5, 5.41) is 4.04. The number of nitrogens with one attached hydrogen (secondary N) is 2. The average Bonchev–Trinajstić information content (AvgIpc) is 2.92. The lowest BCUT2D eigenvalue weighted by Crippen LogP contribution is -2.29. The molecule has 2 aliphatic rings. The number of benzene rings is 3. The van der Waals surface area contributed by atoms with Crippen molar-refractivity contribution in [3.05, 3.63) is 46.1 Å². The van der Waals surface area contributed by atoms with E-state index in [1.165, 1.54) is 38.1 Å². The number of anilines is 2. The molecule has 2 heterocycles. The van der Waals surface area contributed by atoms with Crippen molar-refractivity contribution in [2.45, 2.75) is 27.7 Å². The first kappa shape index (κ1) is 28.8. The number of ether oxygens (including phenoxy) is 4. The fourth-order valence-corrected chi connectivity index (χ4v) is 4.72. The first-order chi connectivity index (χ1) is 20.0. The van der Waals surface area contributed by atoms with Crippen LogP contribution in [-0.2, 0) is 9.59 Å². The summed E-state index contributed by atoms with van der Waals surface area (Å²) < 4.78 is 23.5. The zero-order chi connectivity index (χ0) is 30.3. The van der Waals surface area contributed by atoms with Gasteiger partial charge in [-0.15, -0.1) is 0 Å². The summed E-state index contributed by atoms with van der Waals surface area (Å²) in [5.74, 6) is -0.274. The van der Waals surface area contributed by atoms with Gasteiger partial charge in [0.25, 0.3) is 10.5 Å². The monoisotopic (exact) mass is 612 g/mol. The van der Waals surface area contributed by atoms with Crippen molar-refractivity contribution >= 4 is 68.3 Å². The summed E-state index contributed by atoms with van der Waals surface area (Å²) in [4.78, 5) is 58.3. The summed E-state index contributed by atoms with van der Waals surface area (Å²) in [5.41, 5.74) is 0.739. The van der Waals surface area contributed by atoms with Crippen LogP contribution in [0.25, 0.3) is 0 Å². The van der Waals surface area contributed by atoms with E-state index in [4.69, 9.17) is 42.1 Å². The number of nitrogens with zero attached hydrogens (tertiary/aromatic N) is 2. The molecule has 2 N–H and O–H groups in total. The molecule has 0 atom stereocenters. The maximum absolute atomic E-state index is 12.4. The minimum atomic E-state index is -0.776. The van der Waals surface area contributed by atoms with Crippen molar-refractivity contribution in [1.29, 1.82) is 0 Å². The van der Waals surface area contributed by atoms with E-state index in [0.29, 0.717) is 0 Å². The molecule has 216 valence electrons. The molecule has 2 aliphatic heterocycles. The summed E-state index contributed by atoms with van der Waals surface area (Å²) in [6.45, 7) is 6.55. The number of fused-ring (bicyclic) bond motifs is 4. The number of rotatable bonds is 8. The highest BCUT2D eigenvalue weighted by Gasteiger charge is 2.31. The van der Waals surface area contributed by atoms with Gasteiger partial charge in [-0.1, -0.05) is 0 Å². The molecule has 0 unspecified atom stereocenters. The molecule has 5 rings (SSSR count). The van der Waals surface area contributed by atoms with E-state index in [1.54, 1.807) is 13.8 Å². The normalized spacial score (nSPS) is 12.0. The molecule has 12 nitrogen and oxygen atoms in total. The Kier molecular flexibility index (Phi) is 7.76. The molecule has 14 heteroatoms. The third-order valence-electron chi connectivity index (χ3n) is 5.99. The van der Waals surface area contributed by atoms with Gasteiger partial charge in [-0.05, 0) is 49.2 Å². The second-order valence-electron chi connectivity index (χ2n) is 8.94. The SMILES string of the molecule is CCOc1cc2c(cc1C(=O)Cl)Oc1c(NC(C)=O)c3c(c(NC(C)=O)c1=N2)Oc1cc(C(=O)Cl)c(OCC)cc1N=3. The van der Waals surface area contributed by atoms with Crippen molar-refractivity contribution in [3.63, 3.8) is 0 Å². The molecule has 0 fully saturated rings. The Morgan fingerprint density at radius 1 is 0.714 bits per heavy atom. The molecular formula is C28H22Cl2N4O8. The Morgan fingerprint density at radius 3 is 1.40 bits per heavy atom. The summed E-state index contributed by atoms with van der Waals surface area (Å²) in [6, 6.07) is 5.69. The molecular weight excluding hydrogens is 591 g/mol. The minimum absolute atomic E-state index is 0.0192. The van der Waals surface area contributed by atoms with Gasteiger partial charge in [-0.2, -0.15) is 0 Å². The Hall–Kier alpha value is -4.68. The molecule has 0 radical (unpaired) electrons. The highest BCUT2D eigenvalue weighted by atomic mass is 35.5. The molecule has 42 heavy (non-hydrogen) atoms. The van der Waals surface area contributed by atoms with Crippen LogP contribution in [-0.4, -0.2) is 35.5 Å². The maximum Gasteiger partial charge on any atom is 0.256 e. The quantitative estimate of drug-likeness (QED) is 0.177. The molecule has 0 bridgehead atoms. The lowest BCUT2D eigenvalue weighted by Gasteiger charge is -2.25. The molecule has 0 saturated heterocycles. The van der Waals surface area contributed by atoms with Gasteiger partial charge in [0.05, 0.1) is 24.3 Å². The van der Waals surface area contributed by atoms with Crippen molar-refractivity contribution in [3.8, 4) is 34.5 Å². The lowest BCUT2D eigenvalue weighted by molar-refractivity contribution is -0.115. The number of carbonyl (C=O) groups is 4. The maximum atomic E-state index is 12.4. The van der Waals surface area contributed by atoms with Crippen LogP contribution in [0.15, 0.2) is 34.3 Å². The van der Waals surface area contributed by atoms with Crippen LogP contribution in [0.3, 0.4) is 0 Å². The van der Waals surface area contributed by atoms with Crippen LogP contribution < -0.4 is 40.3 Å². The third kappa shape index (κ3) is 5.21. The molecule has 0 aromatic heterocycles. The van der Waals surface area contributed by atoms with Gasteiger partial charge in [-0.3, -0.25) is 19.2 Å². The van der Waals surface area contributed by atoms with Crippen molar-refractivity contribution in [2.75, 3.05) is 23.8 Å². The minimum Gasteiger partial charge on any atom is -0.493 e. The van der Waals surface area contributed by atoms with Crippen LogP contribution in [0.1, 0.15) is 48.4 Å². The first-order valence-corrected chi connectivity index (χ1v) is 13.4. The van der Waals surface area contributed by atoms with E-state index in [-0.39, 0.29) is 92.3 Å². The Balaban J connectivity index is 1.86. The van der Waals surface area contributed by atoms with E-state index in [1.807, 2.05) is 0 Å². The van der Waals surface area contributed by atoms with Gasteiger partial charge < -0.3 is 29.6 Å². The van der Waals surface area contributed by atoms with E-state index >= 15 is 0 Å². The number of hydrogen-bond donors (Lipinski definition) is 2. The highest BCUT2D eigenvalue weighted by Crippen LogP contribution is 2.46. The molecule has 0 spiro atoms. The van der Waals surface area contributed by atoms with E-state index < -0.39 is 22.3 Å². The zero-order valence-corrected chi connectivity index (χ0v) is 24.2. The second-order valence-corrected chi connectivity index (χ2v) is 9.63. The van der Waals surface area contributed by atoms with E-state index in [2.05, 4.69) is 20.6 Å². The molecule has 3 aromatic carbocycles. The fraction of sp³-hybridized carbons (Fsp3) is 0.214. The van der Waals surface area contributed by atoms with Crippen molar-refractivity contribution in [2.24, 2.45) is 9.98 Å². The smallest absolute Gasteiger partial charge is 0.256 e. The zero-order valence-electron chi connectivity index (χ0n) is 22.6. The van der Waals surface area contributed by atoms with Crippen molar-refractivity contribution in [1.82, 2.24) is 0 Å². The average molecular weight is 613 g/mol. The molecule has 2 amide bonds. The number of halogens is 2. The van der Waals surface area contributed by atoms with Crippen LogP contribution in [0.4, 0.5) is 22.7 Å². The van der Waals surface area contributed by atoms with Gasteiger partial charge >= 0.3 is 0 Å². The summed E-state index contributed by atoms with van der Waals surface area (Å²) in [7, 11) is 0. The van der Waals surface area contributed by atoms with Crippen LogP contribution in [0, 0.1) is 0 Å². The predicted molar refractivity (Wildman–Crippen MR) is 152 cm³/mol. The van der Waals surface area contributed by atoms with Gasteiger partial charge in [-0.25, -0.2) is 9.98 Å². The Bertz CT molecular complexity index is 1710. The largest absolute Gasteiger partial charge is 0.493 e. The summed E-state index contributed by atoms with van der Waals surface area (Å²) in [6.07, 6.45) is 0. The number of carbonyl (C=O) groups excluding carboxylic acids is 4. The predicted octanol–water partition coefficient (Wildman–Crippen LogP) is 5.27. The fourth-order valence-electron chi connectivity index (χ4n) is 4.43. The third-order valence-corrected chi connectivity index (χ3v) is 6.40. The van der Waals surface area contributed by atoms with Gasteiger partial charge in [0.15, 0.2) is 23.0 Å². The van der Waals surface area contributed by atoms with Crippen LogP contribution in [0.5, 0.6) is 34.5 Å². The Morgan fingerprint density at radius 2 is 1.10 bits per heavy atom. The van der Waals surface area contributed by atoms with E-state index in [9.17, 15) is 19.2 Å². The lowest BCUT2D eigenvalue weighted by atomic mass is 10.1. The molecule has 0 aliphatic carbocycles. The van der Waals surface area contributed by atoms with Crippen molar-refractivity contribution < 1.29 is 38.1 Å². The van der Waals surface area contributed by atoms with Gasteiger partial charge in [0.1, 0.15) is 45.0 Å². The topological polar surface area (TPSA) is 154 Å². The number of amides is 2. The second kappa shape index (κ2) is 11.3. The molecule has 0 saturated carbocycles. The van der Waals surface area contributed by atoms with Gasteiger partial charge in [0, 0.05) is 26.0 Å². The summed E-state index contributed by atoms with van der Waals surface area (Å²) >= 11 is 11.6. The first-order valence-electron chi connectivity index (χ1n) is 12.6. The van der Waals surface area contributed by atoms with Crippen LogP contribution >= 0.6 is 23.2 Å². The van der Waals surface area contributed by atoms with E-state index in [0.717, 1.165) is 0 Å². The standard InChI is InChI=1S/C28H22Cl2N4O8/c1-5-39-17-9-15-19(7-13(17)27(29)37)41-25-22(32-12(4)36)24-26(21(23(25)33-15)31-11(3)35)42-20-8-14(28(30)38)18(40-6-2)10-16(20)34-24/h7-10H,5-6H2,1-4H3,(H,31,35)(H,32,36). The van der Waals surface area contributed by atoms with Crippen LogP contribution in [0.2, 0.25) is 0 Å². The highest BCUT2D eigenvalue weighted by molar-refractivity contribution is 6.68. The van der Waals surface area contributed by atoms with Gasteiger partial charge in [0.2, 0.25) is 11.8 Å². The Labute approximate surface area is 248 Å². The molecule has 3 aromatic rings. The number of hydrogen-bond acceptors (Lipinski definition) is 10.